The summed E-state index contributed by atoms with van der Waals surface area (Å²) in [5.41, 5.74) is 9.40. The van der Waals surface area contributed by atoms with E-state index >= 15 is 0 Å². The fourth-order valence-corrected chi connectivity index (χ4v) is 2.22. The number of nitrogens with two attached hydrogens (primary N) is 1. The van der Waals surface area contributed by atoms with Crippen LogP contribution in [0.4, 0.5) is 4.39 Å². The SMILES string of the molecule is Cc1nc(-c2cccc(F)c2)nc(C)c1CC(C)CN. The Bertz CT molecular complexity index is 587. The monoisotopic (exact) mass is 273 g/mol. The molecule has 1 aromatic carbocycles. The quantitative estimate of drug-likeness (QED) is 0.931. The average molecular weight is 273 g/mol. The molecule has 2 rings (SSSR count). The van der Waals surface area contributed by atoms with Crippen LogP contribution in [0.5, 0.6) is 0 Å². The molecule has 106 valence electrons. The average Bonchev–Trinajstić information content (AvgIpc) is 2.42. The van der Waals surface area contributed by atoms with Crippen LogP contribution >= 0.6 is 0 Å². The maximum atomic E-state index is 13.3. The molecule has 1 atom stereocenters. The third-order valence-corrected chi connectivity index (χ3v) is 3.46. The van der Waals surface area contributed by atoms with Gasteiger partial charge < -0.3 is 5.73 Å². The molecule has 0 aliphatic carbocycles. The van der Waals surface area contributed by atoms with Gasteiger partial charge in [0.05, 0.1) is 0 Å². The number of aryl methyl sites for hydroxylation is 2. The molecule has 0 aliphatic rings. The van der Waals surface area contributed by atoms with E-state index in [9.17, 15) is 4.39 Å². The first kappa shape index (κ1) is 14.6. The van der Waals surface area contributed by atoms with Crippen LogP contribution in [0, 0.1) is 25.6 Å². The van der Waals surface area contributed by atoms with Crippen LogP contribution in [-0.2, 0) is 6.42 Å². The van der Waals surface area contributed by atoms with Gasteiger partial charge in [-0.15, -0.1) is 0 Å². The van der Waals surface area contributed by atoms with Gasteiger partial charge in [0.2, 0.25) is 0 Å². The summed E-state index contributed by atoms with van der Waals surface area (Å²) in [4.78, 5) is 9.03. The Hall–Kier alpha value is -1.81. The van der Waals surface area contributed by atoms with Crippen molar-refractivity contribution in [2.75, 3.05) is 6.54 Å². The fourth-order valence-electron chi connectivity index (χ4n) is 2.22. The zero-order chi connectivity index (χ0) is 14.7. The molecule has 1 unspecified atom stereocenters. The summed E-state index contributed by atoms with van der Waals surface area (Å²) >= 11 is 0. The number of benzene rings is 1. The number of aromatic nitrogens is 2. The van der Waals surface area contributed by atoms with E-state index in [-0.39, 0.29) is 5.82 Å². The molecule has 0 fully saturated rings. The summed E-state index contributed by atoms with van der Waals surface area (Å²) in [6.07, 6.45) is 0.873. The predicted molar refractivity (Wildman–Crippen MR) is 78.8 cm³/mol. The van der Waals surface area contributed by atoms with Crippen molar-refractivity contribution in [2.45, 2.75) is 27.2 Å². The van der Waals surface area contributed by atoms with Gasteiger partial charge in [0.1, 0.15) is 5.82 Å². The van der Waals surface area contributed by atoms with Gasteiger partial charge in [-0.2, -0.15) is 0 Å². The Morgan fingerprint density at radius 1 is 1.20 bits per heavy atom. The summed E-state index contributed by atoms with van der Waals surface area (Å²) < 4.78 is 13.3. The zero-order valence-electron chi connectivity index (χ0n) is 12.2. The maximum absolute atomic E-state index is 13.3. The molecule has 4 heteroatoms. The highest BCUT2D eigenvalue weighted by atomic mass is 19.1. The van der Waals surface area contributed by atoms with E-state index in [1.165, 1.54) is 12.1 Å². The Morgan fingerprint density at radius 2 is 1.85 bits per heavy atom. The summed E-state index contributed by atoms with van der Waals surface area (Å²) in [5.74, 6) is 0.696. The molecule has 2 aromatic rings. The zero-order valence-corrected chi connectivity index (χ0v) is 12.2. The molecule has 2 N–H and O–H groups in total. The standard InChI is InChI=1S/C16H20FN3/c1-10(9-18)7-15-11(2)19-16(20-12(15)3)13-5-4-6-14(17)8-13/h4-6,8,10H,7,9,18H2,1-3H3. The summed E-state index contributed by atoms with van der Waals surface area (Å²) in [5, 5.41) is 0. The van der Waals surface area contributed by atoms with Crippen LogP contribution in [-0.4, -0.2) is 16.5 Å². The van der Waals surface area contributed by atoms with Crippen molar-refractivity contribution >= 4 is 0 Å². The highest BCUT2D eigenvalue weighted by molar-refractivity contribution is 5.55. The van der Waals surface area contributed by atoms with E-state index in [2.05, 4.69) is 16.9 Å². The summed E-state index contributed by atoms with van der Waals surface area (Å²) in [7, 11) is 0. The van der Waals surface area contributed by atoms with Gasteiger partial charge in [-0.25, -0.2) is 14.4 Å². The second-order valence-electron chi connectivity index (χ2n) is 5.25. The van der Waals surface area contributed by atoms with Crippen LogP contribution in [0.15, 0.2) is 24.3 Å². The first-order valence-electron chi connectivity index (χ1n) is 6.81. The first-order chi connectivity index (χ1) is 9.51. The third kappa shape index (κ3) is 3.20. The van der Waals surface area contributed by atoms with Gasteiger partial charge in [0.15, 0.2) is 5.82 Å². The topological polar surface area (TPSA) is 51.8 Å². The summed E-state index contributed by atoms with van der Waals surface area (Å²) in [6, 6.07) is 6.36. The van der Waals surface area contributed by atoms with Crippen molar-refractivity contribution in [3.63, 3.8) is 0 Å². The van der Waals surface area contributed by atoms with Crippen molar-refractivity contribution in [1.82, 2.24) is 9.97 Å². The second kappa shape index (κ2) is 6.09. The molecular formula is C16H20FN3. The van der Waals surface area contributed by atoms with E-state index in [1.807, 2.05) is 19.9 Å². The first-order valence-corrected chi connectivity index (χ1v) is 6.81. The Morgan fingerprint density at radius 3 is 2.40 bits per heavy atom. The lowest BCUT2D eigenvalue weighted by molar-refractivity contribution is 0.586. The fraction of sp³-hybridized carbons (Fsp3) is 0.375. The van der Waals surface area contributed by atoms with E-state index in [0.717, 1.165) is 23.4 Å². The van der Waals surface area contributed by atoms with E-state index in [1.54, 1.807) is 6.07 Å². The van der Waals surface area contributed by atoms with Gasteiger partial charge in [-0.3, -0.25) is 0 Å². The van der Waals surface area contributed by atoms with Crippen molar-refractivity contribution in [1.29, 1.82) is 0 Å². The summed E-state index contributed by atoms with van der Waals surface area (Å²) in [6.45, 7) is 6.69. The molecular weight excluding hydrogens is 253 g/mol. The number of rotatable bonds is 4. The minimum Gasteiger partial charge on any atom is -0.330 e. The number of nitrogens with zero attached hydrogens (tertiary/aromatic N) is 2. The molecule has 20 heavy (non-hydrogen) atoms. The molecule has 1 heterocycles. The molecule has 0 aliphatic heterocycles. The molecule has 0 spiro atoms. The largest absolute Gasteiger partial charge is 0.330 e. The van der Waals surface area contributed by atoms with Crippen molar-refractivity contribution in [2.24, 2.45) is 11.7 Å². The van der Waals surface area contributed by atoms with E-state index in [4.69, 9.17) is 5.73 Å². The smallest absolute Gasteiger partial charge is 0.159 e. The second-order valence-corrected chi connectivity index (χ2v) is 5.25. The lowest BCUT2D eigenvalue weighted by Gasteiger charge is -2.14. The van der Waals surface area contributed by atoms with Crippen LogP contribution in [0.25, 0.3) is 11.4 Å². The van der Waals surface area contributed by atoms with Crippen LogP contribution in [0.2, 0.25) is 0 Å². The van der Waals surface area contributed by atoms with Gasteiger partial charge in [-0.1, -0.05) is 19.1 Å². The maximum Gasteiger partial charge on any atom is 0.159 e. The van der Waals surface area contributed by atoms with Crippen LogP contribution in [0.3, 0.4) is 0 Å². The van der Waals surface area contributed by atoms with Crippen molar-refractivity contribution in [3.8, 4) is 11.4 Å². The van der Waals surface area contributed by atoms with Crippen LogP contribution < -0.4 is 5.73 Å². The van der Waals surface area contributed by atoms with Crippen molar-refractivity contribution < 1.29 is 4.39 Å². The van der Waals surface area contributed by atoms with E-state index in [0.29, 0.717) is 23.9 Å². The van der Waals surface area contributed by atoms with Crippen LogP contribution in [0.1, 0.15) is 23.9 Å². The van der Waals surface area contributed by atoms with E-state index < -0.39 is 0 Å². The minimum absolute atomic E-state index is 0.276. The molecule has 0 amide bonds. The lowest BCUT2D eigenvalue weighted by atomic mass is 9.99. The number of hydrogen-bond acceptors (Lipinski definition) is 3. The Balaban J connectivity index is 2.40. The lowest BCUT2D eigenvalue weighted by Crippen LogP contribution is -2.15. The Kier molecular flexibility index (Phi) is 4.45. The number of hydrogen-bond donors (Lipinski definition) is 1. The van der Waals surface area contributed by atoms with Gasteiger partial charge in [0.25, 0.3) is 0 Å². The van der Waals surface area contributed by atoms with Gasteiger partial charge in [0, 0.05) is 17.0 Å². The Labute approximate surface area is 119 Å². The normalized spacial score (nSPS) is 12.4. The molecule has 0 bridgehead atoms. The minimum atomic E-state index is -0.276. The highest BCUT2D eigenvalue weighted by Gasteiger charge is 2.12. The molecule has 0 saturated heterocycles. The van der Waals surface area contributed by atoms with Gasteiger partial charge >= 0.3 is 0 Å². The van der Waals surface area contributed by atoms with Gasteiger partial charge in [-0.05, 0) is 50.4 Å². The molecule has 0 saturated carbocycles. The third-order valence-electron chi connectivity index (χ3n) is 3.46. The molecule has 0 radical (unpaired) electrons. The van der Waals surface area contributed by atoms with Crippen molar-refractivity contribution in [3.05, 3.63) is 47.0 Å². The molecule has 1 aromatic heterocycles. The number of halogens is 1. The molecule has 3 nitrogen and oxygen atoms in total. The highest BCUT2D eigenvalue weighted by Crippen LogP contribution is 2.21. The predicted octanol–water partition coefficient (Wildman–Crippen LogP) is 3.04.